The maximum atomic E-state index is 12.4. The molecule has 0 spiro atoms. The van der Waals surface area contributed by atoms with Gasteiger partial charge in [0, 0.05) is 32.5 Å². The van der Waals surface area contributed by atoms with Crippen LogP contribution in [0.3, 0.4) is 0 Å². The average molecular weight is 338 g/mol. The second kappa shape index (κ2) is 10.4. The van der Waals surface area contributed by atoms with E-state index in [-0.39, 0.29) is 11.8 Å². The van der Waals surface area contributed by atoms with Crippen molar-refractivity contribution in [3.05, 3.63) is 42.0 Å². The minimum absolute atomic E-state index is 0.102. The van der Waals surface area contributed by atoms with Crippen molar-refractivity contribution in [2.45, 2.75) is 37.6 Å². The zero-order valence-electron chi connectivity index (χ0n) is 14.2. The third kappa shape index (κ3) is 7.65. The molecule has 0 heterocycles. The van der Waals surface area contributed by atoms with Gasteiger partial charge in [0.1, 0.15) is 16.8 Å². The van der Waals surface area contributed by atoms with Crippen LogP contribution in [0.1, 0.15) is 25.3 Å². The molecule has 0 bridgehead atoms. The third-order valence-corrected chi connectivity index (χ3v) is 4.60. The maximum absolute atomic E-state index is 12.4. The summed E-state index contributed by atoms with van der Waals surface area (Å²) in [7, 11) is 2.01. The van der Waals surface area contributed by atoms with Crippen molar-refractivity contribution in [3.63, 3.8) is 0 Å². The standard InChI is InChI=1S/C17H26N2O3S/c1-5-6-15(13-16(20)11-12-19(3)22-4)18-23(21)17-9-7-14(2)8-10-17/h5-10,15,18H,11-13H2,1-4H3/b6-5+/t15-,23?/m0/s1. The van der Waals surface area contributed by atoms with E-state index in [1.165, 1.54) is 0 Å². The van der Waals surface area contributed by atoms with Crippen LogP contribution in [0.2, 0.25) is 0 Å². The molecule has 23 heavy (non-hydrogen) atoms. The number of Topliss-reactive ketones (excluding diaryl/α,β-unsaturated/α-hetero) is 1. The monoisotopic (exact) mass is 338 g/mol. The molecule has 2 atom stereocenters. The van der Waals surface area contributed by atoms with Gasteiger partial charge in [0.2, 0.25) is 0 Å². The predicted octanol–water partition coefficient (Wildman–Crippen LogP) is 2.39. The Balaban J connectivity index is 2.59. The molecular formula is C17H26N2O3S. The Morgan fingerprint density at radius 1 is 1.39 bits per heavy atom. The first-order valence-electron chi connectivity index (χ1n) is 7.60. The van der Waals surface area contributed by atoms with E-state index in [0.717, 1.165) is 5.56 Å². The molecule has 128 valence electrons. The topological polar surface area (TPSA) is 58.6 Å². The molecule has 6 heteroatoms. The highest BCUT2D eigenvalue weighted by Gasteiger charge is 2.15. The number of benzene rings is 1. The van der Waals surface area contributed by atoms with Crippen LogP contribution >= 0.6 is 0 Å². The number of carbonyl (C=O) groups is 1. The summed E-state index contributed by atoms with van der Waals surface area (Å²) in [5, 5.41) is 1.61. The molecule has 1 rings (SSSR count). The average Bonchev–Trinajstić information content (AvgIpc) is 2.53. The van der Waals surface area contributed by atoms with E-state index in [4.69, 9.17) is 4.84 Å². The van der Waals surface area contributed by atoms with E-state index in [0.29, 0.717) is 24.3 Å². The Hall–Kier alpha value is -1.34. The highest BCUT2D eigenvalue weighted by Crippen LogP contribution is 2.09. The summed E-state index contributed by atoms with van der Waals surface area (Å²) in [6.45, 7) is 4.41. The predicted molar refractivity (Wildman–Crippen MR) is 93.2 cm³/mol. The Labute approximate surface area is 141 Å². The van der Waals surface area contributed by atoms with Gasteiger partial charge in [0.05, 0.1) is 12.0 Å². The van der Waals surface area contributed by atoms with Gasteiger partial charge in [0.15, 0.2) is 0 Å². The van der Waals surface area contributed by atoms with E-state index >= 15 is 0 Å². The normalized spacial score (nSPS) is 14.3. The molecule has 0 fully saturated rings. The molecular weight excluding hydrogens is 312 g/mol. The van der Waals surface area contributed by atoms with Crippen LogP contribution in [-0.2, 0) is 20.6 Å². The number of hydrogen-bond donors (Lipinski definition) is 1. The van der Waals surface area contributed by atoms with E-state index in [1.54, 1.807) is 19.2 Å². The quantitative estimate of drug-likeness (QED) is 0.526. The number of rotatable bonds is 10. The fraction of sp³-hybridized carbons (Fsp3) is 0.471. The number of ketones is 1. The summed E-state index contributed by atoms with van der Waals surface area (Å²) in [5.74, 6) is 0.102. The van der Waals surface area contributed by atoms with Crippen molar-refractivity contribution in [1.82, 2.24) is 9.79 Å². The molecule has 1 aromatic carbocycles. The summed E-state index contributed by atoms with van der Waals surface area (Å²) in [5.41, 5.74) is 1.12. The summed E-state index contributed by atoms with van der Waals surface area (Å²) < 4.78 is 15.4. The Morgan fingerprint density at radius 3 is 2.61 bits per heavy atom. The van der Waals surface area contributed by atoms with Crippen LogP contribution in [0.15, 0.2) is 41.3 Å². The molecule has 5 nitrogen and oxygen atoms in total. The zero-order valence-corrected chi connectivity index (χ0v) is 15.1. The second-order valence-electron chi connectivity index (χ2n) is 5.36. The number of aryl methyl sites for hydroxylation is 1. The molecule has 0 aliphatic heterocycles. The van der Waals surface area contributed by atoms with E-state index in [1.807, 2.05) is 50.3 Å². The first-order valence-corrected chi connectivity index (χ1v) is 8.75. The Kier molecular flexibility index (Phi) is 8.94. The van der Waals surface area contributed by atoms with Crippen LogP contribution < -0.4 is 4.72 Å². The minimum Gasteiger partial charge on any atom is -0.303 e. The summed E-state index contributed by atoms with van der Waals surface area (Å²) in [6, 6.07) is 7.26. The molecule has 0 amide bonds. The minimum atomic E-state index is -1.34. The maximum Gasteiger partial charge on any atom is 0.136 e. The van der Waals surface area contributed by atoms with Crippen molar-refractivity contribution < 1.29 is 13.8 Å². The smallest absolute Gasteiger partial charge is 0.136 e. The fourth-order valence-electron chi connectivity index (χ4n) is 1.97. The highest BCUT2D eigenvalue weighted by atomic mass is 32.2. The van der Waals surface area contributed by atoms with Gasteiger partial charge >= 0.3 is 0 Å². The molecule has 0 saturated carbocycles. The molecule has 0 saturated heterocycles. The lowest BCUT2D eigenvalue weighted by Gasteiger charge is -2.16. The number of hydrogen-bond acceptors (Lipinski definition) is 4. The molecule has 1 aromatic rings. The van der Waals surface area contributed by atoms with E-state index in [9.17, 15) is 9.00 Å². The van der Waals surface area contributed by atoms with Crippen molar-refractivity contribution in [1.29, 1.82) is 0 Å². The number of nitrogens with zero attached hydrogens (tertiary/aromatic N) is 1. The lowest BCUT2D eigenvalue weighted by atomic mass is 10.1. The van der Waals surface area contributed by atoms with Gasteiger partial charge in [0.25, 0.3) is 0 Å². The molecule has 0 aliphatic rings. The molecule has 0 radical (unpaired) electrons. The van der Waals surface area contributed by atoms with Crippen molar-refractivity contribution in [2.24, 2.45) is 0 Å². The van der Waals surface area contributed by atoms with Gasteiger partial charge in [-0.2, -0.15) is 5.06 Å². The summed E-state index contributed by atoms with van der Waals surface area (Å²) >= 11 is 0. The second-order valence-corrected chi connectivity index (χ2v) is 6.60. The first kappa shape index (κ1) is 19.7. The number of nitrogens with one attached hydrogen (secondary N) is 1. The Morgan fingerprint density at radius 2 is 2.04 bits per heavy atom. The number of allylic oxidation sites excluding steroid dienone is 1. The van der Waals surface area contributed by atoms with Gasteiger partial charge in [-0.15, -0.1) is 0 Å². The van der Waals surface area contributed by atoms with Crippen LogP contribution in [0, 0.1) is 6.92 Å². The van der Waals surface area contributed by atoms with Crippen LogP contribution in [-0.4, -0.2) is 41.8 Å². The fourth-order valence-corrected chi connectivity index (χ4v) is 2.93. The van der Waals surface area contributed by atoms with E-state index < -0.39 is 11.0 Å². The highest BCUT2D eigenvalue weighted by molar-refractivity contribution is 7.83. The van der Waals surface area contributed by atoms with Crippen LogP contribution in [0.25, 0.3) is 0 Å². The Bertz CT molecular complexity index is 543. The largest absolute Gasteiger partial charge is 0.303 e. The van der Waals surface area contributed by atoms with Gasteiger partial charge in [-0.05, 0) is 26.0 Å². The van der Waals surface area contributed by atoms with Gasteiger partial charge < -0.3 is 4.84 Å². The van der Waals surface area contributed by atoms with Gasteiger partial charge in [-0.1, -0.05) is 29.8 Å². The molecule has 0 aromatic heterocycles. The molecule has 1 unspecified atom stereocenters. The lowest BCUT2D eigenvalue weighted by molar-refractivity contribution is -0.128. The van der Waals surface area contributed by atoms with Gasteiger partial charge in [-0.25, -0.2) is 8.93 Å². The zero-order chi connectivity index (χ0) is 17.2. The van der Waals surface area contributed by atoms with Crippen LogP contribution in [0.5, 0.6) is 0 Å². The van der Waals surface area contributed by atoms with Crippen LogP contribution in [0.4, 0.5) is 0 Å². The summed E-state index contributed by atoms with van der Waals surface area (Å²) in [4.78, 5) is 17.7. The van der Waals surface area contributed by atoms with Gasteiger partial charge in [-0.3, -0.25) is 4.79 Å². The number of carbonyl (C=O) groups excluding carboxylic acids is 1. The van der Waals surface area contributed by atoms with Crippen molar-refractivity contribution >= 4 is 16.8 Å². The summed E-state index contributed by atoms with van der Waals surface area (Å²) in [6.07, 6.45) is 4.43. The first-order chi connectivity index (χ1) is 11.0. The molecule has 1 N–H and O–H groups in total. The number of hydroxylamine groups is 2. The van der Waals surface area contributed by atoms with E-state index in [2.05, 4.69) is 4.72 Å². The molecule has 0 aliphatic carbocycles. The SMILES string of the molecule is C/C=C/[C@@H](CC(=O)CCN(C)OC)NS(=O)c1ccc(C)cc1. The third-order valence-electron chi connectivity index (χ3n) is 3.38. The lowest BCUT2D eigenvalue weighted by Crippen LogP contribution is -2.32. The van der Waals surface area contributed by atoms with Crippen molar-refractivity contribution in [2.75, 3.05) is 20.7 Å². The van der Waals surface area contributed by atoms with Crippen molar-refractivity contribution in [3.8, 4) is 0 Å².